The fraction of sp³-hybridized carbons (Fsp3) is 0.231. The molecule has 4 nitrogen and oxygen atoms in total. The second-order valence-electron chi connectivity index (χ2n) is 3.84. The summed E-state index contributed by atoms with van der Waals surface area (Å²) in [6.45, 7) is 2.56. The van der Waals surface area contributed by atoms with E-state index in [2.05, 4.69) is 10.1 Å². The zero-order chi connectivity index (χ0) is 13.7. The van der Waals surface area contributed by atoms with Crippen LogP contribution in [0.25, 0.3) is 0 Å². The van der Waals surface area contributed by atoms with Crippen LogP contribution in [0.1, 0.15) is 18.9 Å². The van der Waals surface area contributed by atoms with E-state index in [0.717, 1.165) is 12.0 Å². The van der Waals surface area contributed by atoms with Crippen LogP contribution < -0.4 is 0 Å². The lowest BCUT2D eigenvalue weighted by molar-refractivity contribution is 0.144. The number of halogens is 2. The summed E-state index contributed by atoms with van der Waals surface area (Å²) in [7, 11) is 0. The van der Waals surface area contributed by atoms with E-state index in [-0.39, 0.29) is 0 Å². The number of aromatic nitrogens is 2. The highest BCUT2D eigenvalue weighted by Gasteiger charge is 2.11. The Kier molecular flexibility index (Phi) is 4.82. The lowest BCUT2D eigenvalue weighted by Crippen LogP contribution is -2.13. The molecule has 0 spiro atoms. The van der Waals surface area contributed by atoms with Gasteiger partial charge in [0.05, 0.1) is 5.02 Å². The molecule has 0 bridgehead atoms. The first-order chi connectivity index (χ1) is 9.22. The lowest BCUT2D eigenvalue weighted by Gasteiger charge is -2.09. The van der Waals surface area contributed by atoms with Crippen molar-refractivity contribution in [2.45, 2.75) is 13.3 Å². The van der Waals surface area contributed by atoms with Gasteiger partial charge >= 0.3 is 0 Å². The maximum atomic E-state index is 6.20. The van der Waals surface area contributed by atoms with Crippen LogP contribution in [0, 0.1) is 0 Å². The molecule has 100 valence electrons. The molecule has 2 aromatic rings. The van der Waals surface area contributed by atoms with E-state index >= 15 is 0 Å². The summed E-state index contributed by atoms with van der Waals surface area (Å²) in [6.07, 6.45) is 5.96. The van der Waals surface area contributed by atoms with Crippen molar-refractivity contribution in [3.8, 4) is 0 Å². The van der Waals surface area contributed by atoms with Crippen molar-refractivity contribution in [3.05, 3.63) is 52.5 Å². The molecule has 0 saturated heterocycles. The molecule has 1 heterocycles. The predicted molar refractivity (Wildman–Crippen MR) is 76.9 cm³/mol. The van der Waals surface area contributed by atoms with E-state index in [1.165, 1.54) is 0 Å². The first kappa shape index (κ1) is 13.9. The van der Waals surface area contributed by atoms with Crippen molar-refractivity contribution < 1.29 is 4.84 Å². The van der Waals surface area contributed by atoms with Gasteiger partial charge in [0.2, 0.25) is 0 Å². The Morgan fingerprint density at radius 3 is 2.89 bits per heavy atom. The lowest BCUT2D eigenvalue weighted by atomic mass is 10.2. The van der Waals surface area contributed by atoms with Gasteiger partial charge in [-0.3, -0.25) is 4.57 Å². The fourth-order valence-corrected chi connectivity index (χ4v) is 1.98. The van der Waals surface area contributed by atoms with Crippen molar-refractivity contribution in [3.63, 3.8) is 0 Å². The largest absolute Gasteiger partial charge is 0.394 e. The standard InChI is InChI=1S/C13H13Cl2N3O/c1-2-7-19-17-13(18-6-5-16-9-18)11-4-3-10(14)8-12(11)15/h3-6,8-9H,2,7H2,1H3/b17-13+. The molecule has 0 radical (unpaired) electrons. The molecule has 6 heteroatoms. The van der Waals surface area contributed by atoms with Gasteiger partial charge in [-0.15, -0.1) is 0 Å². The van der Waals surface area contributed by atoms with Crippen LogP contribution in [0.5, 0.6) is 0 Å². The van der Waals surface area contributed by atoms with Crippen molar-refractivity contribution >= 4 is 29.0 Å². The van der Waals surface area contributed by atoms with Crippen LogP contribution in [0.4, 0.5) is 0 Å². The normalized spacial score (nSPS) is 11.6. The minimum absolute atomic E-state index is 0.514. The molecular formula is C13H13Cl2N3O. The Balaban J connectivity index is 2.40. The summed E-state index contributed by atoms with van der Waals surface area (Å²) in [5.74, 6) is 0.576. The molecule has 1 aromatic heterocycles. The number of oxime groups is 1. The number of nitrogens with zero attached hydrogens (tertiary/aromatic N) is 3. The Hall–Kier alpha value is -1.52. The van der Waals surface area contributed by atoms with Gasteiger partial charge in [-0.2, -0.15) is 0 Å². The fourth-order valence-electron chi connectivity index (χ4n) is 1.49. The van der Waals surface area contributed by atoms with Gasteiger partial charge in [0.15, 0.2) is 5.84 Å². The monoisotopic (exact) mass is 297 g/mol. The second-order valence-corrected chi connectivity index (χ2v) is 4.69. The van der Waals surface area contributed by atoms with Crippen LogP contribution in [0.3, 0.4) is 0 Å². The molecule has 0 unspecified atom stereocenters. The Morgan fingerprint density at radius 1 is 1.42 bits per heavy atom. The van der Waals surface area contributed by atoms with Crippen LogP contribution in [-0.2, 0) is 4.84 Å². The molecule has 0 aliphatic heterocycles. The number of benzene rings is 1. The zero-order valence-electron chi connectivity index (χ0n) is 10.4. The average molecular weight is 298 g/mol. The zero-order valence-corrected chi connectivity index (χ0v) is 11.9. The average Bonchev–Trinajstić information content (AvgIpc) is 2.89. The summed E-state index contributed by atoms with van der Waals surface area (Å²) < 4.78 is 1.74. The van der Waals surface area contributed by atoms with Crippen molar-refractivity contribution in [1.29, 1.82) is 0 Å². The SMILES string of the molecule is CCCO/N=C(\c1ccc(Cl)cc1Cl)n1ccnc1. The highest BCUT2D eigenvalue weighted by molar-refractivity contribution is 6.37. The molecular weight excluding hydrogens is 285 g/mol. The maximum Gasteiger partial charge on any atom is 0.186 e. The second kappa shape index (κ2) is 6.59. The van der Waals surface area contributed by atoms with Crippen LogP contribution in [-0.4, -0.2) is 22.0 Å². The van der Waals surface area contributed by atoms with E-state index in [1.54, 1.807) is 41.5 Å². The maximum absolute atomic E-state index is 6.20. The molecule has 19 heavy (non-hydrogen) atoms. The van der Waals surface area contributed by atoms with Gasteiger partial charge in [0.25, 0.3) is 0 Å². The third-order valence-electron chi connectivity index (χ3n) is 2.37. The molecule has 0 amide bonds. The number of rotatable bonds is 4. The number of imidazole rings is 1. The Morgan fingerprint density at radius 2 is 2.26 bits per heavy atom. The summed E-state index contributed by atoms with van der Waals surface area (Å²) in [5, 5.41) is 5.22. The van der Waals surface area contributed by atoms with Gasteiger partial charge in [0.1, 0.15) is 12.9 Å². The minimum atomic E-state index is 0.514. The van der Waals surface area contributed by atoms with E-state index in [4.69, 9.17) is 28.0 Å². The topological polar surface area (TPSA) is 39.4 Å². The Bertz CT molecular complexity index is 567. The third kappa shape index (κ3) is 3.49. The molecule has 0 aliphatic carbocycles. The van der Waals surface area contributed by atoms with E-state index < -0.39 is 0 Å². The third-order valence-corrected chi connectivity index (χ3v) is 2.92. The van der Waals surface area contributed by atoms with Crippen molar-refractivity contribution in [2.24, 2.45) is 5.16 Å². The number of hydrogen-bond acceptors (Lipinski definition) is 3. The van der Waals surface area contributed by atoms with E-state index in [9.17, 15) is 0 Å². The molecule has 0 saturated carbocycles. The summed E-state index contributed by atoms with van der Waals surface area (Å²) in [6, 6.07) is 5.23. The Labute approximate surface area is 121 Å². The molecule has 0 N–H and O–H groups in total. The van der Waals surface area contributed by atoms with Gasteiger partial charge in [-0.05, 0) is 24.6 Å². The van der Waals surface area contributed by atoms with Gasteiger partial charge < -0.3 is 4.84 Å². The quantitative estimate of drug-likeness (QED) is 0.372. The smallest absolute Gasteiger partial charge is 0.186 e. The van der Waals surface area contributed by atoms with E-state index in [0.29, 0.717) is 22.5 Å². The molecule has 2 rings (SSSR count). The summed E-state index contributed by atoms with van der Waals surface area (Å²) in [5.41, 5.74) is 0.736. The molecule has 0 fully saturated rings. The van der Waals surface area contributed by atoms with Crippen molar-refractivity contribution in [1.82, 2.24) is 9.55 Å². The molecule has 0 aliphatic rings. The van der Waals surface area contributed by atoms with Gasteiger partial charge in [-0.25, -0.2) is 4.98 Å². The van der Waals surface area contributed by atoms with Crippen molar-refractivity contribution in [2.75, 3.05) is 6.61 Å². The van der Waals surface area contributed by atoms with E-state index in [1.807, 2.05) is 6.92 Å². The van der Waals surface area contributed by atoms with Gasteiger partial charge in [0, 0.05) is 23.0 Å². The first-order valence-corrected chi connectivity index (χ1v) is 6.61. The summed E-state index contributed by atoms with van der Waals surface area (Å²) >= 11 is 12.1. The minimum Gasteiger partial charge on any atom is -0.394 e. The first-order valence-electron chi connectivity index (χ1n) is 5.86. The predicted octanol–water partition coefficient (Wildman–Crippen LogP) is 3.83. The van der Waals surface area contributed by atoms with Crippen LogP contribution in [0.15, 0.2) is 42.1 Å². The van der Waals surface area contributed by atoms with Crippen LogP contribution >= 0.6 is 23.2 Å². The summed E-state index contributed by atoms with van der Waals surface area (Å²) in [4.78, 5) is 9.26. The molecule has 0 atom stereocenters. The highest BCUT2D eigenvalue weighted by Crippen LogP contribution is 2.22. The highest BCUT2D eigenvalue weighted by atomic mass is 35.5. The van der Waals surface area contributed by atoms with Crippen LogP contribution in [0.2, 0.25) is 10.0 Å². The van der Waals surface area contributed by atoms with Gasteiger partial charge in [-0.1, -0.05) is 35.3 Å². The number of hydrogen-bond donors (Lipinski definition) is 0. The molecule has 1 aromatic carbocycles.